The Labute approximate surface area is 203 Å². The summed E-state index contributed by atoms with van der Waals surface area (Å²) in [5.74, 6) is -0.197. The van der Waals surface area contributed by atoms with Crippen LogP contribution in [0.2, 0.25) is 0 Å². The molecule has 0 fully saturated rings. The summed E-state index contributed by atoms with van der Waals surface area (Å²) in [5.41, 5.74) is 7.58. The lowest BCUT2D eigenvalue weighted by molar-refractivity contribution is -0.120. The van der Waals surface area contributed by atoms with E-state index in [1.807, 2.05) is 42.5 Å². The first-order valence-corrected chi connectivity index (χ1v) is 11.9. The number of anilines is 1. The van der Waals surface area contributed by atoms with Crippen LogP contribution in [-0.2, 0) is 24.3 Å². The number of carbonyl (C=O) groups is 1. The van der Waals surface area contributed by atoms with Crippen LogP contribution in [0.3, 0.4) is 0 Å². The maximum Gasteiger partial charge on any atom is 0.346 e. The third kappa shape index (κ3) is 4.30. The van der Waals surface area contributed by atoms with Gasteiger partial charge in [0.25, 0.3) is 6.08 Å². The zero-order valence-corrected chi connectivity index (χ0v) is 19.8. The molecule has 7 nitrogen and oxygen atoms in total. The lowest BCUT2D eigenvalue weighted by Gasteiger charge is -2.31. The molecule has 0 radical (unpaired) electrons. The number of para-hydroxylation sites is 1. The minimum absolute atomic E-state index is 0.0630. The Balaban J connectivity index is 1.39. The molecule has 1 unspecified atom stereocenters. The number of thiophene rings is 1. The molecule has 4 aromatic rings. The van der Waals surface area contributed by atoms with Crippen LogP contribution in [0.4, 0.5) is 14.5 Å². The van der Waals surface area contributed by atoms with Gasteiger partial charge in [0.15, 0.2) is 0 Å². The van der Waals surface area contributed by atoms with Gasteiger partial charge in [-0.1, -0.05) is 24.3 Å². The molecule has 1 atom stereocenters. The van der Waals surface area contributed by atoms with E-state index in [0.29, 0.717) is 6.42 Å². The van der Waals surface area contributed by atoms with Gasteiger partial charge in [-0.05, 0) is 47.2 Å². The number of likely N-dealkylation sites (N-methyl/N-ethyl adjacent to an activating group) is 1. The van der Waals surface area contributed by atoms with Gasteiger partial charge in [0.05, 0.1) is 19.0 Å². The maximum atomic E-state index is 13.1. The Morgan fingerprint density at radius 3 is 2.74 bits per heavy atom. The number of hydrogen-bond donors (Lipinski definition) is 1. The van der Waals surface area contributed by atoms with E-state index >= 15 is 0 Å². The van der Waals surface area contributed by atoms with E-state index in [1.165, 1.54) is 22.2 Å². The molecule has 3 heterocycles. The molecule has 1 aliphatic rings. The van der Waals surface area contributed by atoms with Gasteiger partial charge in [-0.15, -0.1) is 11.3 Å². The summed E-state index contributed by atoms with van der Waals surface area (Å²) in [5, 5.41) is 4.94. The number of amides is 1. The van der Waals surface area contributed by atoms with E-state index in [1.54, 1.807) is 11.9 Å². The fourth-order valence-corrected chi connectivity index (χ4v) is 5.52. The predicted octanol–water partition coefficient (Wildman–Crippen LogP) is 3.72. The Morgan fingerprint density at radius 1 is 1.17 bits per heavy atom. The van der Waals surface area contributed by atoms with Crippen molar-refractivity contribution in [3.63, 3.8) is 0 Å². The number of aromatic nitrogens is 3. The van der Waals surface area contributed by atoms with Crippen molar-refractivity contribution in [1.82, 2.24) is 14.3 Å². The van der Waals surface area contributed by atoms with Gasteiger partial charge in [-0.2, -0.15) is 13.9 Å². The molecule has 0 saturated carbocycles. The molecule has 10 heteroatoms. The molecule has 1 amide bonds. The first-order chi connectivity index (χ1) is 16.9. The van der Waals surface area contributed by atoms with Gasteiger partial charge in [0.1, 0.15) is 6.33 Å². The Bertz CT molecular complexity index is 1520. The van der Waals surface area contributed by atoms with Crippen molar-refractivity contribution in [3.05, 3.63) is 93.0 Å². The highest BCUT2D eigenvalue weighted by molar-refractivity contribution is 7.19. The third-order valence-electron chi connectivity index (χ3n) is 6.38. The summed E-state index contributed by atoms with van der Waals surface area (Å²) in [6.45, 7) is -0.412. The lowest BCUT2D eigenvalue weighted by atomic mass is 9.86. The normalized spacial score (nSPS) is 15.5. The third-order valence-corrected chi connectivity index (χ3v) is 7.48. The average Bonchev–Trinajstić information content (AvgIpc) is 3.41. The molecule has 180 valence electrons. The summed E-state index contributed by atoms with van der Waals surface area (Å²) >= 11 is 1.54. The minimum Gasteiger partial charge on any atom is -0.327 e. The second-order valence-electron chi connectivity index (χ2n) is 8.56. The lowest BCUT2D eigenvalue weighted by Crippen LogP contribution is -2.37. The van der Waals surface area contributed by atoms with Crippen molar-refractivity contribution in [1.29, 1.82) is 0 Å². The van der Waals surface area contributed by atoms with Crippen LogP contribution in [0.1, 0.15) is 21.9 Å². The Morgan fingerprint density at radius 2 is 1.97 bits per heavy atom. The highest BCUT2D eigenvalue weighted by Gasteiger charge is 2.31. The smallest absolute Gasteiger partial charge is 0.327 e. The van der Waals surface area contributed by atoms with Crippen LogP contribution >= 0.6 is 11.3 Å². The summed E-state index contributed by atoms with van der Waals surface area (Å²) in [7, 11) is 1.81. The molecule has 0 bridgehead atoms. The number of nitrogens with two attached hydrogens (primary N) is 1. The predicted molar refractivity (Wildman–Crippen MR) is 132 cm³/mol. The van der Waals surface area contributed by atoms with Crippen molar-refractivity contribution >= 4 is 33.0 Å². The first-order valence-electron chi connectivity index (χ1n) is 11.1. The van der Waals surface area contributed by atoms with Crippen molar-refractivity contribution in [2.45, 2.75) is 25.4 Å². The minimum atomic E-state index is -1.89. The Hall–Kier alpha value is -3.63. The molecule has 5 rings (SSSR count). The molecule has 1 aliphatic heterocycles. The quantitative estimate of drug-likeness (QED) is 0.442. The van der Waals surface area contributed by atoms with Gasteiger partial charge >= 0.3 is 5.69 Å². The van der Waals surface area contributed by atoms with Gasteiger partial charge in [0, 0.05) is 34.4 Å². The van der Waals surface area contributed by atoms with Crippen molar-refractivity contribution in [2.24, 2.45) is 5.73 Å². The fourth-order valence-electron chi connectivity index (χ4n) is 4.48. The summed E-state index contributed by atoms with van der Waals surface area (Å²) in [6.07, 6.45) is 0.103. The maximum absolute atomic E-state index is 13.1. The molecule has 0 spiro atoms. The van der Waals surface area contributed by atoms with E-state index in [4.69, 9.17) is 5.73 Å². The largest absolute Gasteiger partial charge is 0.346 e. The van der Waals surface area contributed by atoms with Crippen LogP contribution in [-0.4, -0.2) is 33.8 Å². The van der Waals surface area contributed by atoms with E-state index in [9.17, 15) is 18.4 Å². The number of hydrogen-bond acceptors (Lipinski definition) is 5. The van der Waals surface area contributed by atoms with Crippen LogP contribution in [0.15, 0.2) is 71.3 Å². The molecule has 2 N–H and O–H groups in total. The molecule has 2 aromatic heterocycles. The number of benzene rings is 2. The molecule has 0 aliphatic carbocycles. The number of rotatable bonds is 6. The fraction of sp³-hybridized carbons (Fsp3) is 0.240. The zero-order valence-electron chi connectivity index (χ0n) is 18.9. The van der Waals surface area contributed by atoms with E-state index in [-0.39, 0.29) is 37.0 Å². The van der Waals surface area contributed by atoms with Crippen LogP contribution in [0.5, 0.6) is 0 Å². The molecule has 0 saturated heterocycles. The van der Waals surface area contributed by atoms with Gasteiger partial charge in [-0.3, -0.25) is 9.36 Å². The summed E-state index contributed by atoms with van der Waals surface area (Å²) in [6, 6.07) is 16.0. The highest BCUT2D eigenvalue weighted by Crippen LogP contribution is 2.36. The molecule has 2 aromatic carbocycles. The second-order valence-corrected chi connectivity index (χ2v) is 9.73. The molecular formula is C25H23F2N5O2S. The zero-order chi connectivity index (χ0) is 24.7. The number of halogens is 2. The van der Waals surface area contributed by atoms with E-state index in [2.05, 4.69) is 11.2 Å². The summed E-state index contributed by atoms with van der Waals surface area (Å²) in [4.78, 5) is 28.3. The van der Waals surface area contributed by atoms with Gasteiger partial charge < -0.3 is 10.6 Å². The Kier molecular flexibility index (Phi) is 6.08. The van der Waals surface area contributed by atoms with Crippen molar-refractivity contribution in [3.8, 4) is 0 Å². The number of fused-ring (bicyclic) bond motifs is 2. The number of carbonyl (C=O) groups excluding carboxylic acids is 1. The molecular weight excluding hydrogens is 472 g/mol. The summed E-state index contributed by atoms with van der Waals surface area (Å²) < 4.78 is 29.2. The average molecular weight is 496 g/mol. The van der Waals surface area contributed by atoms with Gasteiger partial charge in [-0.25, -0.2) is 9.48 Å². The highest BCUT2D eigenvalue weighted by atomic mass is 32.1. The second kappa shape index (κ2) is 9.20. The van der Waals surface area contributed by atoms with Crippen LogP contribution in [0, 0.1) is 0 Å². The van der Waals surface area contributed by atoms with Crippen LogP contribution in [0.25, 0.3) is 10.1 Å². The SMILES string of the molecule is CN1C(=O)C(c2ccc3sc(Cn4cnn(CC(CN)=C(F)F)c4=O)cc3c2)Cc2ccccc21. The molecule has 35 heavy (non-hydrogen) atoms. The topological polar surface area (TPSA) is 86.2 Å². The monoisotopic (exact) mass is 495 g/mol. The van der Waals surface area contributed by atoms with E-state index in [0.717, 1.165) is 36.5 Å². The van der Waals surface area contributed by atoms with Crippen molar-refractivity contribution < 1.29 is 13.6 Å². The standard InChI is InChI=1S/C25H23F2N5O2S/c1-30-21-5-3-2-4-16(21)10-20(24(30)33)15-6-7-22-17(8-15)9-19(35-22)13-31-14-29-32(25(31)34)12-18(11-28)23(26)27/h2-9,14,20H,10-13,28H2,1H3. The van der Waals surface area contributed by atoms with Gasteiger partial charge in [0.2, 0.25) is 5.91 Å². The first kappa shape index (κ1) is 23.1. The van der Waals surface area contributed by atoms with Crippen molar-refractivity contribution in [2.75, 3.05) is 18.5 Å². The van der Waals surface area contributed by atoms with E-state index < -0.39 is 11.8 Å². The number of nitrogens with zero attached hydrogens (tertiary/aromatic N) is 4. The van der Waals surface area contributed by atoms with Crippen LogP contribution < -0.4 is 16.3 Å².